The van der Waals surface area contributed by atoms with Crippen molar-refractivity contribution in [2.45, 2.75) is 52.6 Å². The van der Waals surface area contributed by atoms with Gasteiger partial charge in [0.1, 0.15) is 11.3 Å². The number of nitrogens with one attached hydrogen (secondary N) is 1. The van der Waals surface area contributed by atoms with Crippen LogP contribution in [0.2, 0.25) is 0 Å². The molecule has 0 rings (SSSR count). The summed E-state index contributed by atoms with van der Waals surface area (Å²) in [6.07, 6.45) is 0.972. The highest BCUT2D eigenvalue weighted by molar-refractivity contribution is 6.36. The Morgan fingerprint density at radius 2 is 1.48 bits per heavy atom. The first-order valence-electron chi connectivity index (χ1n) is 7.54. The lowest BCUT2D eigenvalue weighted by Gasteiger charge is -2.23. The Morgan fingerprint density at radius 3 is 1.83 bits per heavy atom. The highest BCUT2D eigenvalue weighted by atomic mass is 16.6. The second-order valence-corrected chi connectivity index (χ2v) is 6.20. The van der Waals surface area contributed by atoms with E-state index in [0.717, 1.165) is 0 Å². The van der Waals surface area contributed by atoms with Crippen molar-refractivity contribution in [2.24, 2.45) is 11.8 Å². The summed E-state index contributed by atoms with van der Waals surface area (Å²) in [7, 11) is 2.39. The molecule has 7 heteroatoms. The van der Waals surface area contributed by atoms with Gasteiger partial charge in [-0.05, 0) is 40.0 Å². The first kappa shape index (κ1) is 21.1. The molecular formula is C16H27NO6. The van der Waals surface area contributed by atoms with E-state index in [1.54, 1.807) is 20.8 Å². The summed E-state index contributed by atoms with van der Waals surface area (Å²) in [6, 6.07) is 0. The zero-order valence-corrected chi connectivity index (χ0v) is 14.7. The quantitative estimate of drug-likeness (QED) is 0.317. The molecule has 0 amide bonds. The van der Waals surface area contributed by atoms with Crippen molar-refractivity contribution >= 4 is 23.6 Å². The number of carbonyl (C=O) groups excluding carboxylic acids is 3. The molecule has 0 bridgehead atoms. The number of hydrogen-bond acceptors (Lipinski definition) is 7. The van der Waals surface area contributed by atoms with Gasteiger partial charge in [-0.3, -0.25) is 15.0 Å². The van der Waals surface area contributed by atoms with Gasteiger partial charge in [-0.25, -0.2) is 4.79 Å². The Morgan fingerprint density at radius 1 is 1.00 bits per heavy atom. The molecule has 0 aliphatic carbocycles. The topological polar surface area (TPSA) is 103 Å². The van der Waals surface area contributed by atoms with Gasteiger partial charge in [0.15, 0.2) is 5.92 Å². The molecule has 0 spiro atoms. The lowest BCUT2D eigenvalue weighted by Crippen LogP contribution is -2.33. The second kappa shape index (κ2) is 9.27. The van der Waals surface area contributed by atoms with E-state index in [1.807, 2.05) is 6.92 Å². The summed E-state index contributed by atoms with van der Waals surface area (Å²) in [5, 5.41) is 7.97. The van der Waals surface area contributed by atoms with Gasteiger partial charge in [-0.1, -0.05) is 6.92 Å². The summed E-state index contributed by atoms with van der Waals surface area (Å²) >= 11 is 0. The molecule has 1 atom stereocenters. The summed E-state index contributed by atoms with van der Waals surface area (Å²) in [5.41, 5.74) is -0.835. The van der Waals surface area contributed by atoms with Crippen molar-refractivity contribution in [3.05, 3.63) is 0 Å². The van der Waals surface area contributed by atoms with Gasteiger partial charge in [-0.15, -0.1) is 0 Å². The van der Waals surface area contributed by atoms with Crippen molar-refractivity contribution in [1.82, 2.24) is 0 Å². The van der Waals surface area contributed by atoms with E-state index in [1.165, 1.54) is 14.2 Å². The van der Waals surface area contributed by atoms with Crippen LogP contribution in [0.5, 0.6) is 0 Å². The highest BCUT2D eigenvalue weighted by Gasteiger charge is 2.31. The molecule has 0 heterocycles. The van der Waals surface area contributed by atoms with Gasteiger partial charge in [0.25, 0.3) is 0 Å². The Labute approximate surface area is 137 Å². The molecule has 0 radical (unpaired) electrons. The summed E-state index contributed by atoms with van der Waals surface area (Å²) in [5.74, 6) is -3.50. The summed E-state index contributed by atoms with van der Waals surface area (Å²) in [4.78, 5) is 35.2. The lowest BCUT2D eigenvalue weighted by molar-refractivity contribution is -0.159. The fourth-order valence-electron chi connectivity index (χ4n) is 2.04. The fourth-order valence-corrected chi connectivity index (χ4v) is 2.04. The van der Waals surface area contributed by atoms with Crippen molar-refractivity contribution in [3.63, 3.8) is 0 Å². The number of rotatable bonds is 8. The zero-order valence-electron chi connectivity index (χ0n) is 14.7. The number of carbonyl (C=O) groups is 3. The van der Waals surface area contributed by atoms with Crippen molar-refractivity contribution in [3.8, 4) is 0 Å². The second-order valence-electron chi connectivity index (χ2n) is 6.20. The van der Waals surface area contributed by atoms with Crippen LogP contribution >= 0.6 is 0 Å². The molecular weight excluding hydrogens is 302 g/mol. The van der Waals surface area contributed by atoms with Gasteiger partial charge in [0.2, 0.25) is 0 Å². The van der Waals surface area contributed by atoms with E-state index in [4.69, 9.17) is 10.1 Å². The third kappa shape index (κ3) is 7.25. The maximum Gasteiger partial charge on any atom is 0.352 e. The minimum absolute atomic E-state index is 0.142. The lowest BCUT2D eigenvalue weighted by atomic mass is 9.90. The predicted octanol–water partition coefficient (Wildman–Crippen LogP) is 2.12. The number of ether oxygens (including phenoxy) is 3. The van der Waals surface area contributed by atoms with E-state index in [0.29, 0.717) is 12.8 Å². The molecule has 132 valence electrons. The monoisotopic (exact) mass is 329 g/mol. The van der Waals surface area contributed by atoms with Crippen molar-refractivity contribution in [2.75, 3.05) is 14.2 Å². The predicted molar refractivity (Wildman–Crippen MR) is 84.1 cm³/mol. The number of hydrogen-bond donors (Lipinski definition) is 1. The van der Waals surface area contributed by atoms with Gasteiger partial charge >= 0.3 is 17.9 Å². The molecule has 0 unspecified atom stereocenters. The van der Waals surface area contributed by atoms with E-state index in [-0.39, 0.29) is 12.1 Å². The maximum absolute atomic E-state index is 12.0. The molecule has 0 aliphatic rings. The minimum Gasteiger partial charge on any atom is -0.468 e. The van der Waals surface area contributed by atoms with Gasteiger partial charge in [0.05, 0.1) is 14.2 Å². The Hall–Kier alpha value is -1.92. The van der Waals surface area contributed by atoms with Crippen LogP contribution in [0.25, 0.3) is 0 Å². The summed E-state index contributed by atoms with van der Waals surface area (Å²) < 4.78 is 14.4. The van der Waals surface area contributed by atoms with E-state index in [9.17, 15) is 14.4 Å². The van der Waals surface area contributed by atoms with Crippen molar-refractivity contribution < 1.29 is 28.6 Å². The fraction of sp³-hybridized carbons (Fsp3) is 0.750. The van der Waals surface area contributed by atoms with Crippen molar-refractivity contribution in [1.29, 1.82) is 5.41 Å². The first-order chi connectivity index (χ1) is 10.6. The average molecular weight is 329 g/mol. The van der Waals surface area contributed by atoms with E-state index >= 15 is 0 Å². The van der Waals surface area contributed by atoms with Crippen LogP contribution in [0.15, 0.2) is 0 Å². The van der Waals surface area contributed by atoms with E-state index < -0.39 is 35.3 Å². The smallest absolute Gasteiger partial charge is 0.352 e. The molecule has 0 aliphatic heterocycles. The average Bonchev–Trinajstić information content (AvgIpc) is 2.48. The Balaban J connectivity index is 4.86. The number of esters is 3. The van der Waals surface area contributed by atoms with Crippen LogP contribution in [0, 0.1) is 17.2 Å². The Bertz CT molecular complexity index is 436. The van der Waals surface area contributed by atoms with Crippen LogP contribution in [-0.4, -0.2) is 43.4 Å². The number of methoxy groups -OCH3 is 2. The first-order valence-corrected chi connectivity index (χ1v) is 7.54. The molecule has 0 aromatic carbocycles. The standard InChI is InChI=1S/C16H27NO6/c1-7-10(12(17)15(20)23-16(2,3)4)8-9-11(13(18)21-5)14(19)22-6/h10-11,17H,7-9H2,1-6H3/t10-/m1/s1. The molecule has 23 heavy (non-hydrogen) atoms. The third-order valence-corrected chi connectivity index (χ3v) is 3.30. The molecule has 0 fully saturated rings. The molecule has 0 aromatic heterocycles. The SMILES string of the molecule is CC[C@H](CCC(C(=O)OC)C(=O)OC)C(=N)C(=O)OC(C)(C)C. The van der Waals surface area contributed by atoms with Gasteiger partial charge in [0, 0.05) is 5.92 Å². The normalized spacial score (nSPS) is 12.5. The van der Waals surface area contributed by atoms with Crippen LogP contribution < -0.4 is 0 Å². The van der Waals surface area contributed by atoms with Gasteiger partial charge < -0.3 is 14.2 Å². The zero-order chi connectivity index (χ0) is 18.2. The Kier molecular flexibility index (Phi) is 8.50. The van der Waals surface area contributed by atoms with Crippen LogP contribution in [0.1, 0.15) is 47.0 Å². The van der Waals surface area contributed by atoms with Crippen LogP contribution in [0.4, 0.5) is 0 Å². The highest BCUT2D eigenvalue weighted by Crippen LogP contribution is 2.21. The molecule has 0 aromatic rings. The summed E-state index contributed by atoms with van der Waals surface area (Å²) in [6.45, 7) is 7.01. The molecule has 7 nitrogen and oxygen atoms in total. The minimum atomic E-state index is -1.05. The van der Waals surface area contributed by atoms with Crippen LogP contribution in [0.3, 0.4) is 0 Å². The van der Waals surface area contributed by atoms with Gasteiger partial charge in [-0.2, -0.15) is 0 Å². The maximum atomic E-state index is 12.0. The largest absolute Gasteiger partial charge is 0.468 e. The molecule has 0 saturated heterocycles. The molecule has 0 saturated carbocycles. The molecule has 1 N–H and O–H groups in total. The van der Waals surface area contributed by atoms with Crippen LogP contribution in [-0.2, 0) is 28.6 Å². The van der Waals surface area contributed by atoms with E-state index in [2.05, 4.69) is 9.47 Å². The third-order valence-electron chi connectivity index (χ3n) is 3.30.